The molecule has 1 rings (SSSR count). The van der Waals surface area contributed by atoms with E-state index in [0.717, 1.165) is 18.4 Å². The molecule has 0 aromatic heterocycles. The summed E-state index contributed by atoms with van der Waals surface area (Å²) in [4.78, 5) is 35.8. The van der Waals surface area contributed by atoms with E-state index in [4.69, 9.17) is 4.74 Å². The number of esters is 1. The van der Waals surface area contributed by atoms with Gasteiger partial charge >= 0.3 is 12.1 Å². The van der Waals surface area contributed by atoms with Gasteiger partial charge in [0.2, 0.25) is 5.91 Å². The Morgan fingerprint density at radius 3 is 2.32 bits per heavy atom. The molecule has 2 amide bonds. The van der Waals surface area contributed by atoms with E-state index >= 15 is 0 Å². The Morgan fingerprint density at radius 2 is 1.71 bits per heavy atom. The number of methoxy groups -OCH3 is 1. The van der Waals surface area contributed by atoms with Gasteiger partial charge in [-0.2, -0.15) is 0 Å². The first-order valence-corrected chi connectivity index (χ1v) is 9.59. The summed E-state index contributed by atoms with van der Waals surface area (Å²) in [6, 6.07) is 8.76. The van der Waals surface area contributed by atoms with Gasteiger partial charge < -0.3 is 20.1 Å². The lowest BCUT2D eigenvalue weighted by Crippen LogP contribution is -2.49. The van der Waals surface area contributed by atoms with E-state index in [1.165, 1.54) is 7.11 Å². The minimum Gasteiger partial charge on any atom is -0.469 e. The first-order chi connectivity index (χ1) is 13.2. The Bertz CT molecular complexity index is 625. The van der Waals surface area contributed by atoms with E-state index < -0.39 is 17.7 Å². The van der Waals surface area contributed by atoms with Crippen LogP contribution in [0.2, 0.25) is 0 Å². The predicted octanol–water partition coefficient (Wildman–Crippen LogP) is 2.97. The van der Waals surface area contributed by atoms with Crippen molar-refractivity contribution in [3.8, 4) is 0 Å². The molecule has 0 unspecified atom stereocenters. The topological polar surface area (TPSA) is 93.7 Å². The maximum Gasteiger partial charge on any atom is 0.408 e. The van der Waals surface area contributed by atoms with Crippen molar-refractivity contribution in [1.29, 1.82) is 0 Å². The number of ether oxygens (including phenoxy) is 2. The van der Waals surface area contributed by atoms with Gasteiger partial charge in [0.15, 0.2) is 0 Å². The fraction of sp³-hybridized carbons (Fsp3) is 0.571. The maximum atomic E-state index is 12.6. The predicted molar refractivity (Wildman–Crippen MR) is 107 cm³/mol. The number of nitrogens with one attached hydrogen (secondary N) is 2. The van der Waals surface area contributed by atoms with E-state index in [1.807, 2.05) is 30.3 Å². The van der Waals surface area contributed by atoms with Crippen LogP contribution in [0.5, 0.6) is 0 Å². The molecule has 1 atom stereocenters. The van der Waals surface area contributed by atoms with Crippen LogP contribution in [-0.2, 0) is 25.5 Å². The van der Waals surface area contributed by atoms with E-state index in [-0.39, 0.29) is 11.9 Å². The van der Waals surface area contributed by atoms with Crippen molar-refractivity contribution in [1.82, 2.24) is 10.6 Å². The van der Waals surface area contributed by atoms with E-state index in [0.29, 0.717) is 25.8 Å². The first kappa shape index (κ1) is 23.5. The van der Waals surface area contributed by atoms with Crippen molar-refractivity contribution in [3.05, 3.63) is 35.9 Å². The van der Waals surface area contributed by atoms with Crippen LogP contribution < -0.4 is 10.6 Å². The zero-order valence-electron chi connectivity index (χ0n) is 17.2. The van der Waals surface area contributed by atoms with Crippen molar-refractivity contribution >= 4 is 18.0 Å². The van der Waals surface area contributed by atoms with Crippen LogP contribution in [-0.4, -0.2) is 43.3 Å². The molecule has 0 heterocycles. The summed E-state index contributed by atoms with van der Waals surface area (Å²) < 4.78 is 9.87. The Kier molecular flexibility index (Phi) is 10.1. The van der Waals surface area contributed by atoms with Crippen molar-refractivity contribution in [3.63, 3.8) is 0 Å². The standard InChI is InChI=1S/C21H32N2O5/c1-21(2,3)28-20(26)23-17(15-16-11-7-5-8-12-16)19(25)22-14-10-6-9-13-18(24)27-4/h5,7-8,11-12,17H,6,9-10,13-15H2,1-4H3,(H,22,25)(H,23,26)/t17-/m0/s1. The molecular formula is C21H32N2O5. The van der Waals surface area contributed by atoms with Crippen LogP contribution in [0.15, 0.2) is 30.3 Å². The third kappa shape index (κ3) is 10.5. The van der Waals surface area contributed by atoms with E-state index in [9.17, 15) is 14.4 Å². The second kappa shape index (κ2) is 12.0. The number of carbonyl (C=O) groups excluding carboxylic acids is 3. The number of benzene rings is 1. The Hall–Kier alpha value is -2.57. The van der Waals surface area contributed by atoms with Gasteiger partial charge in [0.05, 0.1) is 7.11 Å². The second-order valence-corrected chi connectivity index (χ2v) is 7.57. The monoisotopic (exact) mass is 392 g/mol. The summed E-state index contributed by atoms with van der Waals surface area (Å²) in [5.41, 5.74) is 0.300. The number of carbonyl (C=O) groups is 3. The van der Waals surface area contributed by atoms with Crippen molar-refractivity contribution < 1.29 is 23.9 Å². The minimum absolute atomic E-state index is 0.228. The van der Waals surface area contributed by atoms with E-state index in [1.54, 1.807) is 20.8 Å². The highest BCUT2D eigenvalue weighted by molar-refractivity contribution is 5.86. The molecular weight excluding hydrogens is 360 g/mol. The molecule has 0 radical (unpaired) electrons. The smallest absolute Gasteiger partial charge is 0.408 e. The fourth-order valence-corrected chi connectivity index (χ4v) is 2.52. The summed E-state index contributed by atoms with van der Waals surface area (Å²) >= 11 is 0. The lowest BCUT2D eigenvalue weighted by atomic mass is 10.1. The molecule has 7 heteroatoms. The number of hydrogen-bond acceptors (Lipinski definition) is 5. The molecule has 7 nitrogen and oxygen atoms in total. The molecule has 1 aromatic rings. The van der Waals surface area contributed by atoms with Gasteiger partial charge in [-0.1, -0.05) is 36.8 Å². The highest BCUT2D eigenvalue weighted by Crippen LogP contribution is 2.09. The first-order valence-electron chi connectivity index (χ1n) is 9.59. The van der Waals surface area contributed by atoms with Crippen molar-refractivity contribution in [2.75, 3.05) is 13.7 Å². The van der Waals surface area contributed by atoms with Crippen LogP contribution in [0.25, 0.3) is 0 Å². The molecule has 0 aliphatic carbocycles. The molecule has 0 bridgehead atoms. The van der Waals surface area contributed by atoms with Gasteiger partial charge in [0, 0.05) is 19.4 Å². The van der Waals surface area contributed by atoms with Gasteiger partial charge in [-0.15, -0.1) is 0 Å². The summed E-state index contributed by atoms with van der Waals surface area (Å²) in [6.45, 7) is 5.79. The summed E-state index contributed by atoms with van der Waals surface area (Å²) in [5.74, 6) is -0.490. The van der Waals surface area contributed by atoms with Crippen LogP contribution >= 0.6 is 0 Å². The summed E-state index contributed by atoms with van der Waals surface area (Å²) in [5, 5.41) is 5.51. The third-order valence-electron chi connectivity index (χ3n) is 3.87. The zero-order valence-corrected chi connectivity index (χ0v) is 17.2. The van der Waals surface area contributed by atoms with Crippen LogP contribution in [0, 0.1) is 0 Å². The van der Waals surface area contributed by atoms with Gasteiger partial charge in [-0.25, -0.2) is 4.79 Å². The van der Waals surface area contributed by atoms with Gasteiger partial charge in [0.25, 0.3) is 0 Å². The summed E-state index contributed by atoms with van der Waals surface area (Å²) in [7, 11) is 1.37. The lowest BCUT2D eigenvalue weighted by molar-refractivity contribution is -0.140. The average Bonchev–Trinajstić information content (AvgIpc) is 2.62. The number of unbranched alkanes of at least 4 members (excludes halogenated alkanes) is 2. The van der Waals surface area contributed by atoms with Gasteiger partial charge in [-0.3, -0.25) is 9.59 Å². The largest absolute Gasteiger partial charge is 0.469 e. The Labute approximate surface area is 167 Å². The Balaban J connectivity index is 2.54. The van der Waals surface area contributed by atoms with Gasteiger partial charge in [0.1, 0.15) is 11.6 Å². The molecule has 0 saturated heterocycles. The number of hydrogen-bond donors (Lipinski definition) is 2. The maximum absolute atomic E-state index is 12.6. The Morgan fingerprint density at radius 1 is 1.04 bits per heavy atom. The highest BCUT2D eigenvalue weighted by atomic mass is 16.6. The molecule has 1 aromatic carbocycles. The van der Waals surface area contributed by atoms with E-state index in [2.05, 4.69) is 15.4 Å². The number of rotatable bonds is 10. The molecule has 2 N–H and O–H groups in total. The fourth-order valence-electron chi connectivity index (χ4n) is 2.52. The molecule has 0 spiro atoms. The highest BCUT2D eigenvalue weighted by Gasteiger charge is 2.24. The number of alkyl carbamates (subject to hydrolysis) is 1. The molecule has 0 aliphatic heterocycles. The quantitative estimate of drug-likeness (QED) is 0.472. The normalized spacial score (nSPS) is 12.0. The zero-order chi connectivity index (χ0) is 21.0. The lowest BCUT2D eigenvalue weighted by Gasteiger charge is -2.23. The molecule has 0 fully saturated rings. The SMILES string of the molecule is COC(=O)CCCCCNC(=O)[C@H](Cc1ccccc1)NC(=O)OC(C)(C)C. The molecule has 28 heavy (non-hydrogen) atoms. The van der Waals surface area contributed by atoms with Gasteiger partial charge in [-0.05, 0) is 39.2 Å². The molecule has 156 valence electrons. The minimum atomic E-state index is -0.729. The van der Waals surface area contributed by atoms with Crippen LogP contribution in [0.4, 0.5) is 4.79 Å². The van der Waals surface area contributed by atoms with Crippen molar-refractivity contribution in [2.45, 2.75) is 64.5 Å². The molecule has 0 aliphatic rings. The average molecular weight is 392 g/mol. The van der Waals surface area contributed by atoms with Crippen molar-refractivity contribution in [2.24, 2.45) is 0 Å². The van der Waals surface area contributed by atoms with Crippen LogP contribution in [0.3, 0.4) is 0 Å². The third-order valence-corrected chi connectivity index (χ3v) is 3.87. The number of amides is 2. The second-order valence-electron chi connectivity index (χ2n) is 7.57. The molecule has 0 saturated carbocycles. The summed E-state index contributed by atoms with van der Waals surface area (Å²) in [6.07, 6.45) is 2.38. The van der Waals surface area contributed by atoms with Crippen LogP contribution in [0.1, 0.15) is 52.0 Å².